The van der Waals surface area contributed by atoms with E-state index in [0.29, 0.717) is 4.99 Å². The summed E-state index contributed by atoms with van der Waals surface area (Å²) in [6.45, 7) is 1.48. The van der Waals surface area contributed by atoms with E-state index in [1.54, 1.807) is 0 Å². The molecule has 0 fully saturated rings. The summed E-state index contributed by atoms with van der Waals surface area (Å²) in [6.07, 6.45) is 0. The molecule has 0 heterocycles. The minimum absolute atomic E-state index is 0.0945. The van der Waals surface area contributed by atoms with E-state index < -0.39 is 0 Å². The first kappa shape index (κ1) is 14.0. The SMILES string of the molecule is CC(=O)Nc1cccc(Nc2ccc(C(N)=S)cc2)c1. The fraction of sp³-hybridized carbons (Fsp3) is 0.0667. The van der Waals surface area contributed by atoms with E-state index in [1.165, 1.54) is 6.92 Å². The number of thiocarbonyl (C=S) groups is 1. The molecule has 0 saturated carbocycles. The lowest BCUT2D eigenvalue weighted by atomic mass is 10.2. The van der Waals surface area contributed by atoms with Crippen molar-refractivity contribution >= 4 is 40.2 Å². The van der Waals surface area contributed by atoms with Gasteiger partial charge in [-0.2, -0.15) is 0 Å². The average molecular weight is 285 g/mol. The van der Waals surface area contributed by atoms with Crippen LogP contribution in [0.4, 0.5) is 17.1 Å². The van der Waals surface area contributed by atoms with Crippen LogP contribution in [0.2, 0.25) is 0 Å². The standard InChI is InChI=1S/C15H15N3OS/c1-10(19)17-13-3-2-4-14(9-13)18-12-7-5-11(6-8-12)15(16)20/h2-9,18H,1H3,(H2,16,20)(H,17,19). The third kappa shape index (κ3) is 3.80. The van der Waals surface area contributed by atoms with Crippen LogP contribution in [0.3, 0.4) is 0 Å². The Balaban J connectivity index is 2.13. The van der Waals surface area contributed by atoms with E-state index in [2.05, 4.69) is 10.6 Å². The highest BCUT2D eigenvalue weighted by molar-refractivity contribution is 7.80. The van der Waals surface area contributed by atoms with Crippen LogP contribution in [0.1, 0.15) is 12.5 Å². The van der Waals surface area contributed by atoms with Crippen LogP contribution in [0.25, 0.3) is 0 Å². The van der Waals surface area contributed by atoms with Crippen LogP contribution in [-0.2, 0) is 4.79 Å². The van der Waals surface area contributed by atoms with Gasteiger partial charge in [-0.15, -0.1) is 0 Å². The van der Waals surface area contributed by atoms with Crippen LogP contribution in [0.5, 0.6) is 0 Å². The van der Waals surface area contributed by atoms with Crippen molar-refractivity contribution in [3.63, 3.8) is 0 Å². The molecule has 4 N–H and O–H groups in total. The third-order valence-electron chi connectivity index (χ3n) is 2.64. The Labute approximate surface area is 123 Å². The number of amides is 1. The topological polar surface area (TPSA) is 67.2 Å². The Bertz CT molecular complexity index is 638. The van der Waals surface area contributed by atoms with Gasteiger partial charge in [-0.25, -0.2) is 0 Å². The number of nitrogens with two attached hydrogens (primary N) is 1. The van der Waals surface area contributed by atoms with Gasteiger partial charge in [0.25, 0.3) is 0 Å². The second-order valence-corrected chi connectivity index (χ2v) is 4.77. The molecule has 5 heteroatoms. The molecule has 0 saturated heterocycles. The molecule has 2 aromatic rings. The van der Waals surface area contributed by atoms with E-state index in [-0.39, 0.29) is 5.91 Å². The zero-order valence-corrected chi connectivity index (χ0v) is 11.8. The van der Waals surface area contributed by atoms with Crippen molar-refractivity contribution in [1.82, 2.24) is 0 Å². The molecule has 0 atom stereocenters. The number of nitrogens with one attached hydrogen (secondary N) is 2. The molecule has 0 radical (unpaired) electrons. The number of benzene rings is 2. The highest BCUT2D eigenvalue weighted by atomic mass is 32.1. The molecule has 0 aliphatic heterocycles. The summed E-state index contributed by atoms with van der Waals surface area (Å²) in [5.74, 6) is -0.0945. The zero-order valence-electron chi connectivity index (χ0n) is 11.0. The Morgan fingerprint density at radius 2 is 1.70 bits per heavy atom. The van der Waals surface area contributed by atoms with E-state index >= 15 is 0 Å². The Morgan fingerprint density at radius 3 is 2.30 bits per heavy atom. The molecule has 0 aliphatic carbocycles. The van der Waals surface area contributed by atoms with Gasteiger partial charge in [-0.1, -0.05) is 18.3 Å². The Kier molecular flexibility index (Phi) is 4.32. The molecule has 4 nitrogen and oxygen atoms in total. The first-order valence-electron chi connectivity index (χ1n) is 6.09. The van der Waals surface area contributed by atoms with Gasteiger partial charge in [-0.3, -0.25) is 4.79 Å². The molecule has 0 unspecified atom stereocenters. The maximum absolute atomic E-state index is 11.0. The minimum atomic E-state index is -0.0945. The first-order valence-corrected chi connectivity index (χ1v) is 6.50. The van der Waals surface area contributed by atoms with Crippen LogP contribution in [-0.4, -0.2) is 10.9 Å². The van der Waals surface area contributed by atoms with E-state index in [9.17, 15) is 4.79 Å². The van der Waals surface area contributed by atoms with Crippen molar-refractivity contribution in [2.45, 2.75) is 6.92 Å². The predicted octanol–water partition coefficient (Wildman–Crippen LogP) is 3.02. The van der Waals surface area contributed by atoms with Gasteiger partial charge < -0.3 is 16.4 Å². The lowest BCUT2D eigenvalue weighted by Crippen LogP contribution is -2.08. The summed E-state index contributed by atoms with van der Waals surface area (Å²) < 4.78 is 0. The highest BCUT2D eigenvalue weighted by Crippen LogP contribution is 2.20. The van der Waals surface area contributed by atoms with E-state index in [0.717, 1.165) is 22.6 Å². The summed E-state index contributed by atoms with van der Waals surface area (Å²) >= 11 is 4.91. The Hall–Kier alpha value is -2.40. The number of rotatable bonds is 4. The van der Waals surface area contributed by atoms with Gasteiger partial charge in [0.2, 0.25) is 5.91 Å². The van der Waals surface area contributed by atoms with Crippen molar-refractivity contribution in [1.29, 1.82) is 0 Å². The molecule has 0 aromatic heterocycles. The quantitative estimate of drug-likeness (QED) is 0.755. The van der Waals surface area contributed by atoms with Gasteiger partial charge >= 0.3 is 0 Å². The summed E-state index contributed by atoms with van der Waals surface area (Å²) in [4.78, 5) is 11.4. The lowest BCUT2D eigenvalue weighted by Gasteiger charge is -2.09. The molecule has 20 heavy (non-hydrogen) atoms. The molecule has 0 aliphatic rings. The number of hydrogen-bond donors (Lipinski definition) is 3. The zero-order chi connectivity index (χ0) is 14.5. The third-order valence-corrected chi connectivity index (χ3v) is 2.88. The van der Waals surface area contributed by atoms with E-state index in [1.807, 2.05) is 48.5 Å². The highest BCUT2D eigenvalue weighted by Gasteiger charge is 2.00. The average Bonchev–Trinajstić information content (AvgIpc) is 2.39. The summed E-state index contributed by atoms with van der Waals surface area (Å²) in [5, 5.41) is 5.99. The van der Waals surface area contributed by atoms with Crippen LogP contribution < -0.4 is 16.4 Å². The predicted molar refractivity (Wildman–Crippen MR) is 86.4 cm³/mol. The second kappa shape index (κ2) is 6.16. The van der Waals surface area contributed by atoms with Gasteiger partial charge in [0.15, 0.2) is 0 Å². The number of anilines is 3. The number of carbonyl (C=O) groups is 1. The molecule has 1 amide bonds. The van der Waals surface area contributed by atoms with Crippen molar-refractivity contribution < 1.29 is 4.79 Å². The van der Waals surface area contributed by atoms with Crippen molar-refractivity contribution in [3.8, 4) is 0 Å². The largest absolute Gasteiger partial charge is 0.389 e. The molecular weight excluding hydrogens is 270 g/mol. The van der Waals surface area contributed by atoms with Crippen molar-refractivity contribution in [2.24, 2.45) is 5.73 Å². The van der Waals surface area contributed by atoms with Crippen LogP contribution in [0, 0.1) is 0 Å². The summed E-state index contributed by atoms with van der Waals surface area (Å²) in [7, 11) is 0. The summed E-state index contributed by atoms with van der Waals surface area (Å²) in [5.41, 5.74) is 8.95. The van der Waals surface area contributed by atoms with Crippen molar-refractivity contribution in [2.75, 3.05) is 10.6 Å². The van der Waals surface area contributed by atoms with E-state index in [4.69, 9.17) is 18.0 Å². The maximum Gasteiger partial charge on any atom is 0.221 e. The first-order chi connectivity index (χ1) is 9.54. The second-order valence-electron chi connectivity index (χ2n) is 4.33. The minimum Gasteiger partial charge on any atom is -0.389 e. The number of carbonyl (C=O) groups excluding carboxylic acids is 1. The van der Waals surface area contributed by atoms with Gasteiger partial charge in [0.05, 0.1) is 0 Å². The van der Waals surface area contributed by atoms with Crippen molar-refractivity contribution in [3.05, 3.63) is 54.1 Å². The van der Waals surface area contributed by atoms with Gasteiger partial charge in [0.1, 0.15) is 4.99 Å². The normalized spacial score (nSPS) is 9.85. The smallest absolute Gasteiger partial charge is 0.221 e. The molecule has 2 aromatic carbocycles. The monoisotopic (exact) mass is 285 g/mol. The van der Waals surface area contributed by atoms with Crippen LogP contribution >= 0.6 is 12.2 Å². The molecule has 0 bridgehead atoms. The fourth-order valence-electron chi connectivity index (χ4n) is 1.76. The molecule has 2 rings (SSSR count). The number of hydrogen-bond acceptors (Lipinski definition) is 3. The van der Waals surface area contributed by atoms with Gasteiger partial charge in [-0.05, 0) is 42.5 Å². The molecule has 0 spiro atoms. The lowest BCUT2D eigenvalue weighted by molar-refractivity contribution is -0.114. The maximum atomic E-state index is 11.0. The molecule has 102 valence electrons. The molecular formula is C15H15N3OS. The fourth-order valence-corrected chi connectivity index (χ4v) is 1.90. The van der Waals surface area contributed by atoms with Gasteiger partial charge in [0, 0.05) is 29.5 Å². The summed E-state index contributed by atoms with van der Waals surface area (Å²) in [6, 6.07) is 15.0. The van der Waals surface area contributed by atoms with Crippen LogP contribution in [0.15, 0.2) is 48.5 Å². The Morgan fingerprint density at radius 1 is 1.05 bits per heavy atom.